The number of nitrogens with zero attached hydrogens (tertiary/aromatic N) is 1. The smallest absolute Gasteiger partial charge is 0.260 e. The van der Waals surface area contributed by atoms with Crippen molar-refractivity contribution in [2.75, 3.05) is 11.9 Å². The SMILES string of the molecule is O=C(Nc1ccccc1)c1conc1[C@@H]1CCCN1. The van der Waals surface area contributed by atoms with Crippen molar-refractivity contribution < 1.29 is 9.32 Å². The Balaban J connectivity index is 1.78. The molecule has 0 bridgehead atoms. The average Bonchev–Trinajstić information content (AvgIpc) is 3.10. The first kappa shape index (κ1) is 11.9. The molecule has 3 rings (SSSR count). The number of para-hydroxylation sites is 1. The normalized spacial score (nSPS) is 18.4. The highest BCUT2D eigenvalue weighted by Crippen LogP contribution is 2.25. The second-order valence-corrected chi connectivity index (χ2v) is 4.58. The van der Waals surface area contributed by atoms with E-state index in [-0.39, 0.29) is 11.9 Å². The van der Waals surface area contributed by atoms with E-state index in [0.29, 0.717) is 11.3 Å². The fourth-order valence-corrected chi connectivity index (χ4v) is 2.30. The van der Waals surface area contributed by atoms with E-state index >= 15 is 0 Å². The van der Waals surface area contributed by atoms with Gasteiger partial charge >= 0.3 is 0 Å². The lowest BCUT2D eigenvalue weighted by atomic mass is 10.1. The van der Waals surface area contributed by atoms with E-state index in [1.54, 1.807) is 0 Å². The topological polar surface area (TPSA) is 67.2 Å². The molecule has 1 aliphatic heterocycles. The van der Waals surface area contributed by atoms with Crippen LogP contribution in [-0.4, -0.2) is 17.6 Å². The van der Waals surface area contributed by atoms with Crippen LogP contribution in [0.15, 0.2) is 41.1 Å². The lowest BCUT2D eigenvalue weighted by Crippen LogP contribution is -2.19. The fourth-order valence-electron chi connectivity index (χ4n) is 2.30. The van der Waals surface area contributed by atoms with Crippen molar-refractivity contribution in [1.82, 2.24) is 10.5 Å². The van der Waals surface area contributed by atoms with Crippen molar-refractivity contribution in [2.24, 2.45) is 0 Å². The van der Waals surface area contributed by atoms with Crippen LogP contribution in [0, 0.1) is 0 Å². The molecule has 1 aromatic heterocycles. The number of aromatic nitrogens is 1. The van der Waals surface area contributed by atoms with Crippen LogP contribution in [0.3, 0.4) is 0 Å². The van der Waals surface area contributed by atoms with Gasteiger partial charge in [0.15, 0.2) is 0 Å². The average molecular weight is 257 g/mol. The van der Waals surface area contributed by atoms with Gasteiger partial charge in [-0.25, -0.2) is 0 Å². The van der Waals surface area contributed by atoms with Crippen molar-refractivity contribution in [3.05, 3.63) is 47.9 Å². The predicted molar refractivity (Wildman–Crippen MR) is 70.9 cm³/mol. The molecule has 1 amide bonds. The fraction of sp³-hybridized carbons (Fsp3) is 0.286. The molecule has 0 aliphatic carbocycles. The third-order valence-corrected chi connectivity index (χ3v) is 3.26. The largest absolute Gasteiger partial charge is 0.364 e. The Kier molecular flexibility index (Phi) is 3.29. The van der Waals surface area contributed by atoms with Gasteiger partial charge in [0, 0.05) is 5.69 Å². The molecule has 0 saturated carbocycles. The van der Waals surface area contributed by atoms with Gasteiger partial charge in [-0.2, -0.15) is 0 Å². The van der Waals surface area contributed by atoms with E-state index in [2.05, 4.69) is 15.8 Å². The molecule has 5 heteroatoms. The van der Waals surface area contributed by atoms with Crippen molar-refractivity contribution in [2.45, 2.75) is 18.9 Å². The summed E-state index contributed by atoms with van der Waals surface area (Å²) in [7, 11) is 0. The van der Waals surface area contributed by atoms with Crippen LogP contribution in [0.4, 0.5) is 5.69 Å². The Bertz CT molecular complexity index is 559. The molecule has 0 unspecified atom stereocenters. The van der Waals surface area contributed by atoms with Crippen LogP contribution in [0.1, 0.15) is 34.9 Å². The summed E-state index contributed by atoms with van der Waals surface area (Å²) in [6.45, 7) is 0.956. The minimum Gasteiger partial charge on any atom is -0.364 e. The van der Waals surface area contributed by atoms with Gasteiger partial charge in [0.2, 0.25) is 0 Å². The molecule has 19 heavy (non-hydrogen) atoms. The summed E-state index contributed by atoms with van der Waals surface area (Å²) in [6.07, 6.45) is 3.49. The predicted octanol–water partition coefficient (Wildman–Crippen LogP) is 2.35. The number of nitrogens with one attached hydrogen (secondary N) is 2. The van der Waals surface area contributed by atoms with E-state index < -0.39 is 0 Å². The van der Waals surface area contributed by atoms with Crippen LogP contribution in [0.2, 0.25) is 0 Å². The maximum Gasteiger partial charge on any atom is 0.260 e. The standard InChI is InChI=1S/C14H15N3O2/c18-14(16-10-5-2-1-3-6-10)11-9-19-17-13(11)12-7-4-8-15-12/h1-3,5-6,9,12,15H,4,7-8H2,(H,16,18)/t12-/m0/s1. The summed E-state index contributed by atoms with van der Waals surface area (Å²) in [6, 6.07) is 9.47. The Hall–Kier alpha value is -2.14. The Morgan fingerprint density at radius 3 is 2.95 bits per heavy atom. The summed E-state index contributed by atoms with van der Waals surface area (Å²) in [5.41, 5.74) is 1.97. The molecule has 2 aromatic rings. The Labute approximate surface area is 111 Å². The summed E-state index contributed by atoms with van der Waals surface area (Å²) in [5.74, 6) is -0.184. The lowest BCUT2D eigenvalue weighted by Gasteiger charge is -2.09. The van der Waals surface area contributed by atoms with Crippen molar-refractivity contribution >= 4 is 11.6 Å². The number of carbonyl (C=O) groups excluding carboxylic acids is 1. The van der Waals surface area contributed by atoms with Gasteiger partial charge in [0.05, 0.1) is 6.04 Å². The third kappa shape index (κ3) is 2.51. The van der Waals surface area contributed by atoms with Gasteiger partial charge in [-0.05, 0) is 31.5 Å². The summed E-state index contributed by atoms with van der Waals surface area (Å²) < 4.78 is 4.97. The van der Waals surface area contributed by atoms with E-state index in [1.165, 1.54) is 6.26 Å². The first-order valence-corrected chi connectivity index (χ1v) is 6.38. The molecule has 0 radical (unpaired) electrons. The van der Waals surface area contributed by atoms with Gasteiger partial charge in [0.1, 0.15) is 17.5 Å². The van der Waals surface area contributed by atoms with E-state index in [1.807, 2.05) is 30.3 Å². The molecule has 1 aliphatic rings. The summed E-state index contributed by atoms with van der Waals surface area (Å²) >= 11 is 0. The van der Waals surface area contributed by atoms with Gasteiger partial charge < -0.3 is 15.2 Å². The maximum atomic E-state index is 12.2. The molecule has 2 heterocycles. The number of hydrogen-bond donors (Lipinski definition) is 2. The van der Waals surface area contributed by atoms with Gasteiger partial charge in [0.25, 0.3) is 5.91 Å². The highest BCUT2D eigenvalue weighted by atomic mass is 16.5. The lowest BCUT2D eigenvalue weighted by molar-refractivity contribution is 0.102. The molecule has 1 saturated heterocycles. The molecule has 2 N–H and O–H groups in total. The van der Waals surface area contributed by atoms with Gasteiger partial charge in [-0.1, -0.05) is 23.4 Å². The molecule has 5 nitrogen and oxygen atoms in total. The van der Waals surface area contributed by atoms with E-state index in [0.717, 1.165) is 25.1 Å². The van der Waals surface area contributed by atoms with Crippen LogP contribution >= 0.6 is 0 Å². The van der Waals surface area contributed by atoms with Crippen LogP contribution < -0.4 is 10.6 Å². The van der Waals surface area contributed by atoms with E-state index in [9.17, 15) is 4.79 Å². The van der Waals surface area contributed by atoms with Crippen LogP contribution in [0.25, 0.3) is 0 Å². The Morgan fingerprint density at radius 1 is 1.37 bits per heavy atom. The minimum atomic E-state index is -0.184. The first-order valence-electron chi connectivity index (χ1n) is 6.38. The quantitative estimate of drug-likeness (QED) is 0.885. The number of amides is 1. The van der Waals surface area contributed by atoms with Crippen molar-refractivity contribution in [3.8, 4) is 0 Å². The van der Waals surface area contributed by atoms with Crippen molar-refractivity contribution in [3.63, 3.8) is 0 Å². The molecular formula is C14H15N3O2. The minimum absolute atomic E-state index is 0.121. The molecule has 1 fully saturated rings. The van der Waals surface area contributed by atoms with Crippen molar-refractivity contribution in [1.29, 1.82) is 0 Å². The zero-order chi connectivity index (χ0) is 13.1. The number of carbonyl (C=O) groups is 1. The molecule has 1 atom stereocenters. The number of hydrogen-bond acceptors (Lipinski definition) is 4. The monoisotopic (exact) mass is 257 g/mol. The second-order valence-electron chi connectivity index (χ2n) is 4.58. The first-order chi connectivity index (χ1) is 9.34. The van der Waals surface area contributed by atoms with Crippen LogP contribution in [-0.2, 0) is 0 Å². The Morgan fingerprint density at radius 2 is 2.21 bits per heavy atom. The molecule has 1 aromatic carbocycles. The summed E-state index contributed by atoms with van der Waals surface area (Å²) in [4.78, 5) is 12.2. The van der Waals surface area contributed by atoms with Gasteiger partial charge in [-0.15, -0.1) is 0 Å². The van der Waals surface area contributed by atoms with Crippen LogP contribution in [0.5, 0.6) is 0 Å². The zero-order valence-corrected chi connectivity index (χ0v) is 10.4. The number of anilines is 1. The highest BCUT2D eigenvalue weighted by Gasteiger charge is 2.25. The zero-order valence-electron chi connectivity index (χ0n) is 10.4. The molecular weight excluding hydrogens is 242 g/mol. The third-order valence-electron chi connectivity index (χ3n) is 3.26. The number of rotatable bonds is 3. The number of benzene rings is 1. The maximum absolute atomic E-state index is 12.2. The molecule has 98 valence electrons. The second kappa shape index (κ2) is 5.24. The van der Waals surface area contributed by atoms with E-state index in [4.69, 9.17) is 4.52 Å². The molecule has 0 spiro atoms. The highest BCUT2D eigenvalue weighted by molar-refractivity contribution is 6.04. The van der Waals surface area contributed by atoms with Gasteiger partial charge in [-0.3, -0.25) is 4.79 Å². The summed E-state index contributed by atoms with van der Waals surface area (Å²) in [5, 5.41) is 10.1.